The fourth-order valence-corrected chi connectivity index (χ4v) is 2.57. The Labute approximate surface area is 89.3 Å². The molecule has 0 atom stereocenters. The maximum absolute atomic E-state index is 13.3. The van der Waals surface area contributed by atoms with Crippen LogP contribution in [0.5, 0.6) is 0 Å². The molecule has 0 fully saturated rings. The van der Waals surface area contributed by atoms with Crippen LogP contribution in [0.15, 0.2) is 17.0 Å². The van der Waals surface area contributed by atoms with Crippen molar-refractivity contribution in [2.24, 2.45) is 0 Å². The molecule has 0 bridgehead atoms. The first-order valence-corrected chi connectivity index (χ1v) is 5.59. The van der Waals surface area contributed by atoms with E-state index in [1.54, 1.807) is 4.72 Å². The van der Waals surface area contributed by atoms with Gasteiger partial charge in [-0.05, 0) is 12.1 Å². The van der Waals surface area contributed by atoms with Crippen molar-refractivity contribution < 1.29 is 17.6 Å². The van der Waals surface area contributed by atoms with Crippen molar-refractivity contribution in [3.05, 3.63) is 23.0 Å². The van der Waals surface area contributed by atoms with E-state index in [2.05, 4.69) is 0 Å². The molecule has 8 heteroatoms. The lowest BCUT2D eigenvalue weighted by atomic mass is 10.3. The zero-order valence-corrected chi connectivity index (χ0v) is 8.62. The second-order valence-electron chi connectivity index (χ2n) is 2.82. The number of nitrogens with one attached hydrogen (secondary N) is 2. The van der Waals surface area contributed by atoms with Gasteiger partial charge in [-0.3, -0.25) is 0 Å². The standard InChI is InChI=1S/C7H4ClFN2O3S/c8-3-1-4(9)6-5(2-3)15(13,14)11-7(12)10-6/h1-2H,(H2,10,11,12). The Kier molecular flexibility index (Phi) is 2.09. The normalized spacial score (nSPS) is 17.6. The monoisotopic (exact) mass is 250 g/mol. The number of benzene rings is 1. The lowest BCUT2D eigenvalue weighted by Crippen LogP contribution is -2.39. The van der Waals surface area contributed by atoms with Crippen LogP contribution >= 0.6 is 11.6 Å². The number of carbonyl (C=O) groups is 1. The first-order chi connectivity index (χ1) is 6.90. The molecular formula is C7H4ClFN2O3S. The van der Waals surface area contributed by atoms with Crippen molar-refractivity contribution >= 4 is 33.3 Å². The number of urea groups is 1. The summed E-state index contributed by atoms with van der Waals surface area (Å²) in [6, 6.07) is 0.979. The SMILES string of the molecule is O=C1Nc2c(F)cc(Cl)cc2S(=O)(=O)N1. The number of sulfonamides is 1. The summed E-state index contributed by atoms with van der Waals surface area (Å²) in [6.45, 7) is 0. The zero-order valence-electron chi connectivity index (χ0n) is 7.04. The highest BCUT2D eigenvalue weighted by atomic mass is 35.5. The molecule has 2 amide bonds. The van der Waals surface area contributed by atoms with E-state index >= 15 is 0 Å². The summed E-state index contributed by atoms with van der Waals surface area (Å²) >= 11 is 5.50. The topological polar surface area (TPSA) is 75.3 Å². The van der Waals surface area contributed by atoms with Crippen molar-refractivity contribution in [2.75, 3.05) is 5.32 Å². The summed E-state index contributed by atoms with van der Waals surface area (Å²) in [5.41, 5.74) is -0.386. The summed E-state index contributed by atoms with van der Waals surface area (Å²) in [5, 5.41) is 1.99. The first-order valence-electron chi connectivity index (χ1n) is 3.73. The minimum atomic E-state index is -4.02. The smallest absolute Gasteiger partial charge is 0.303 e. The summed E-state index contributed by atoms with van der Waals surface area (Å²) < 4.78 is 37.7. The Morgan fingerprint density at radius 1 is 1.33 bits per heavy atom. The van der Waals surface area contributed by atoms with Crippen LogP contribution in [0.2, 0.25) is 5.02 Å². The largest absolute Gasteiger partial charge is 0.333 e. The molecule has 0 radical (unpaired) electrons. The zero-order chi connectivity index (χ0) is 11.2. The summed E-state index contributed by atoms with van der Waals surface area (Å²) in [7, 11) is -4.02. The van der Waals surface area contributed by atoms with E-state index in [1.165, 1.54) is 0 Å². The Balaban J connectivity index is 2.78. The number of hydrogen-bond donors (Lipinski definition) is 2. The molecule has 1 heterocycles. The number of fused-ring (bicyclic) bond motifs is 1. The van der Waals surface area contributed by atoms with E-state index in [1.807, 2.05) is 5.32 Å². The van der Waals surface area contributed by atoms with Gasteiger partial charge in [-0.25, -0.2) is 22.3 Å². The molecule has 0 aliphatic carbocycles. The van der Waals surface area contributed by atoms with Crippen molar-refractivity contribution in [3.63, 3.8) is 0 Å². The van der Waals surface area contributed by atoms with Gasteiger partial charge in [0.1, 0.15) is 10.7 Å². The van der Waals surface area contributed by atoms with Gasteiger partial charge in [-0.15, -0.1) is 0 Å². The van der Waals surface area contributed by atoms with Gasteiger partial charge in [-0.2, -0.15) is 0 Å². The van der Waals surface area contributed by atoms with Crippen molar-refractivity contribution in [2.45, 2.75) is 4.90 Å². The molecule has 2 N–H and O–H groups in total. The molecule has 0 spiro atoms. The van der Waals surface area contributed by atoms with E-state index in [0.29, 0.717) is 0 Å². The Hall–Kier alpha value is -1.34. The molecule has 15 heavy (non-hydrogen) atoms. The van der Waals surface area contributed by atoms with Crippen molar-refractivity contribution in [1.29, 1.82) is 0 Å². The number of rotatable bonds is 0. The quantitative estimate of drug-likeness (QED) is 0.729. The fourth-order valence-electron chi connectivity index (χ4n) is 1.20. The predicted octanol–water partition coefficient (Wildman–Crippen LogP) is 1.30. The van der Waals surface area contributed by atoms with Crippen LogP contribution in [0.4, 0.5) is 14.9 Å². The highest BCUT2D eigenvalue weighted by Gasteiger charge is 2.30. The second kappa shape index (κ2) is 3.07. The van der Waals surface area contributed by atoms with Crippen LogP contribution in [0.1, 0.15) is 0 Å². The second-order valence-corrected chi connectivity index (χ2v) is 4.91. The molecule has 5 nitrogen and oxygen atoms in total. The van der Waals surface area contributed by atoms with E-state index in [-0.39, 0.29) is 15.6 Å². The molecule has 1 aliphatic heterocycles. The van der Waals surface area contributed by atoms with Crippen LogP contribution in [0, 0.1) is 5.82 Å². The van der Waals surface area contributed by atoms with Gasteiger partial charge in [0.2, 0.25) is 0 Å². The van der Waals surface area contributed by atoms with Crippen molar-refractivity contribution in [1.82, 2.24) is 4.72 Å². The number of carbonyl (C=O) groups excluding carboxylic acids is 1. The molecule has 1 aromatic rings. The molecule has 0 unspecified atom stereocenters. The van der Waals surface area contributed by atoms with Gasteiger partial charge in [-0.1, -0.05) is 11.6 Å². The molecular weight excluding hydrogens is 247 g/mol. The van der Waals surface area contributed by atoms with Gasteiger partial charge >= 0.3 is 6.03 Å². The van der Waals surface area contributed by atoms with E-state index in [4.69, 9.17) is 11.6 Å². The van der Waals surface area contributed by atoms with Crippen LogP contribution in [-0.2, 0) is 10.0 Å². The van der Waals surface area contributed by atoms with Gasteiger partial charge in [0.15, 0.2) is 0 Å². The van der Waals surface area contributed by atoms with Crippen LogP contribution < -0.4 is 10.0 Å². The number of amides is 2. The van der Waals surface area contributed by atoms with Crippen molar-refractivity contribution in [3.8, 4) is 0 Å². The number of hydrogen-bond acceptors (Lipinski definition) is 3. The summed E-state index contributed by atoms with van der Waals surface area (Å²) in [4.78, 5) is 10.5. The molecule has 0 aromatic heterocycles. The third-order valence-electron chi connectivity index (χ3n) is 1.77. The predicted molar refractivity (Wildman–Crippen MR) is 50.8 cm³/mol. The first kappa shape index (κ1) is 10.2. The average Bonchev–Trinajstić information content (AvgIpc) is 2.06. The van der Waals surface area contributed by atoms with E-state index < -0.39 is 21.9 Å². The average molecular weight is 251 g/mol. The minimum absolute atomic E-state index is 0.0622. The lowest BCUT2D eigenvalue weighted by Gasteiger charge is -2.18. The highest BCUT2D eigenvalue weighted by molar-refractivity contribution is 7.90. The molecule has 1 aromatic carbocycles. The Morgan fingerprint density at radius 2 is 2.00 bits per heavy atom. The Bertz CT molecular complexity index is 558. The lowest BCUT2D eigenvalue weighted by molar-refractivity contribution is 0.256. The van der Waals surface area contributed by atoms with Gasteiger partial charge in [0.25, 0.3) is 10.0 Å². The highest BCUT2D eigenvalue weighted by Crippen LogP contribution is 2.30. The maximum Gasteiger partial charge on any atom is 0.333 e. The number of anilines is 1. The maximum atomic E-state index is 13.3. The van der Waals surface area contributed by atoms with E-state index in [9.17, 15) is 17.6 Å². The molecule has 0 saturated carbocycles. The Morgan fingerprint density at radius 3 is 2.67 bits per heavy atom. The van der Waals surface area contributed by atoms with Gasteiger partial charge in [0.05, 0.1) is 5.69 Å². The summed E-state index contributed by atoms with van der Waals surface area (Å²) in [5.74, 6) is -0.893. The summed E-state index contributed by atoms with van der Waals surface area (Å²) in [6.07, 6.45) is 0. The molecule has 0 saturated heterocycles. The van der Waals surface area contributed by atoms with Gasteiger partial charge in [0, 0.05) is 5.02 Å². The van der Waals surface area contributed by atoms with Crippen LogP contribution in [0.3, 0.4) is 0 Å². The van der Waals surface area contributed by atoms with Crippen LogP contribution in [-0.4, -0.2) is 14.4 Å². The van der Waals surface area contributed by atoms with Gasteiger partial charge < -0.3 is 5.32 Å². The van der Waals surface area contributed by atoms with E-state index in [0.717, 1.165) is 12.1 Å². The third kappa shape index (κ3) is 1.64. The molecule has 1 aliphatic rings. The van der Waals surface area contributed by atoms with Crippen LogP contribution in [0.25, 0.3) is 0 Å². The number of halogens is 2. The third-order valence-corrected chi connectivity index (χ3v) is 3.35. The molecule has 2 rings (SSSR count). The minimum Gasteiger partial charge on any atom is -0.303 e. The molecule has 80 valence electrons. The fraction of sp³-hybridized carbons (Fsp3) is 0.